The SMILES string of the molecule is CCCC(=O)Nc1cccc(-c2ccc(C(=O)N3CC[C@@]4(C3)OC(=O)c3ccccc34)c(Cl)c2)n1. The zero-order valence-corrected chi connectivity index (χ0v) is 20.0. The minimum atomic E-state index is -0.803. The van der Waals surface area contributed by atoms with Gasteiger partial charge < -0.3 is 15.0 Å². The number of pyridine rings is 1. The van der Waals surface area contributed by atoms with Gasteiger partial charge in [0.25, 0.3) is 5.91 Å². The highest BCUT2D eigenvalue weighted by molar-refractivity contribution is 6.34. The van der Waals surface area contributed by atoms with Gasteiger partial charge >= 0.3 is 5.97 Å². The summed E-state index contributed by atoms with van der Waals surface area (Å²) in [7, 11) is 0. The molecule has 1 atom stereocenters. The Labute approximate surface area is 208 Å². The Bertz CT molecular complexity index is 1340. The van der Waals surface area contributed by atoms with E-state index in [1.165, 1.54) is 0 Å². The van der Waals surface area contributed by atoms with Gasteiger partial charge in [-0.05, 0) is 36.8 Å². The number of fused-ring (bicyclic) bond motifs is 2. The number of halogens is 1. The van der Waals surface area contributed by atoms with Crippen LogP contribution in [0.15, 0.2) is 60.7 Å². The molecular weight excluding hydrogens is 466 g/mol. The van der Waals surface area contributed by atoms with Crippen molar-refractivity contribution in [3.63, 3.8) is 0 Å². The number of anilines is 1. The molecule has 0 radical (unpaired) electrons. The molecule has 3 heterocycles. The van der Waals surface area contributed by atoms with Crippen molar-refractivity contribution >= 4 is 35.2 Å². The number of nitrogens with zero attached hydrogens (tertiary/aromatic N) is 2. The van der Waals surface area contributed by atoms with Crippen molar-refractivity contribution < 1.29 is 19.1 Å². The smallest absolute Gasteiger partial charge is 0.339 e. The largest absolute Gasteiger partial charge is 0.449 e. The van der Waals surface area contributed by atoms with Crippen LogP contribution in [-0.4, -0.2) is 40.8 Å². The first kappa shape index (κ1) is 23.1. The average Bonchev–Trinajstić information content (AvgIpc) is 3.40. The van der Waals surface area contributed by atoms with E-state index in [2.05, 4.69) is 10.3 Å². The van der Waals surface area contributed by atoms with E-state index in [-0.39, 0.29) is 24.3 Å². The summed E-state index contributed by atoms with van der Waals surface area (Å²) >= 11 is 6.54. The molecule has 8 heteroatoms. The number of ether oxygens (including phenoxy) is 1. The van der Waals surface area contributed by atoms with Crippen LogP contribution in [0.1, 0.15) is 52.5 Å². The van der Waals surface area contributed by atoms with Crippen molar-refractivity contribution in [2.24, 2.45) is 0 Å². The number of hydrogen-bond acceptors (Lipinski definition) is 5. The number of carbonyl (C=O) groups excluding carboxylic acids is 3. The van der Waals surface area contributed by atoms with Crippen LogP contribution in [-0.2, 0) is 15.1 Å². The molecule has 1 fully saturated rings. The van der Waals surface area contributed by atoms with Crippen LogP contribution >= 0.6 is 11.6 Å². The summed E-state index contributed by atoms with van der Waals surface area (Å²) in [6.07, 6.45) is 1.72. The predicted molar refractivity (Wildman–Crippen MR) is 132 cm³/mol. The van der Waals surface area contributed by atoms with E-state index in [0.717, 1.165) is 17.5 Å². The van der Waals surface area contributed by atoms with E-state index in [0.29, 0.717) is 47.0 Å². The quantitative estimate of drug-likeness (QED) is 0.506. The van der Waals surface area contributed by atoms with Crippen molar-refractivity contribution in [3.05, 3.63) is 82.4 Å². The van der Waals surface area contributed by atoms with Crippen LogP contribution in [0.2, 0.25) is 5.02 Å². The predicted octanol–water partition coefficient (Wildman–Crippen LogP) is 5.05. The van der Waals surface area contributed by atoms with Gasteiger partial charge in [-0.1, -0.05) is 48.9 Å². The maximum Gasteiger partial charge on any atom is 0.339 e. The van der Waals surface area contributed by atoms with Crippen LogP contribution < -0.4 is 5.32 Å². The van der Waals surface area contributed by atoms with Crippen LogP contribution in [0, 0.1) is 0 Å². The van der Waals surface area contributed by atoms with Crippen molar-refractivity contribution in [2.45, 2.75) is 31.8 Å². The Hall–Kier alpha value is -3.71. The van der Waals surface area contributed by atoms with Gasteiger partial charge in [0.15, 0.2) is 5.60 Å². The first-order valence-electron chi connectivity index (χ1n) is 11.6. The molecule has 2 aliphatic heterocycles. The summed E-state index contributed by atoms with van der Waals surface area (Å²) in [5.74, 6) is -0.189. The summed E-state index contributed by atoms with van der Waals surface area (Å²) < 4.78 is 5.75. The van der Waals surface area contributed by atoms with Gasteiger partial charge in [-0.25, -0.2) is 9.78 Å². The van der Waals surface area contributed by atoms with Crippen LogP contribution in [0.25, 0.3) is 11.3 Å². The van der Waals surface area contributed by atoms with Gasteiger partial charge in [0.05, 0.1) is 28.4 Å². The average molecular weight is 490 g/mol. The van der Waals surface area contributed by atoms with E-state index in [9.17, 15) is 14.4 Å². The lowest BCUT2D eigenvalue weighted by atomic mass is 9.91. The highest BCUT2D eigenvalue weighted by Crippen LogP contribution is 2.43. The van der Waals surface area contributed by atoms with E-state index in [4.69, 9.17) is 16.3 Å². The second-order valence-electron chi connectivity index (χ2n) is 8.81. The lowest BCUT2D eigenvalue weighted by Crippen LogP contribution is -2.34. The third kappa shape index (κ3) is 4.28. The molecule has 0 bridgehead atoms. The van der Waals surface area contributed by atoms with E-state index >= 15 is 0 Å². The van der Waals surface area contributed by atoms with Gasteiger partial charge in [-0.2, -0.15) is 0 Å². The zero-order valence-electron chi connectivity index (χ0n) is 19.2. The Morgan fingerprint density at radius 2 is 1.97 bits per heavy atom. The molecule has 0 aliphatic carbocycles. The van der Waals surface area contributed by atoms with E-state index in [1.807, 2.05) is 31.2 Å². The number of nitrogens with one attached hydrogen (secondary N) is 1. The molecule has 178 valence electrons. The fourth-order valence-corrected chi connectivity index (χ4v) is 4.98. The number of benzene rings is 2. The molecule has 2 aliphatic rings. The van der Waals surface area contributed by atoms with Crippen LogP contribution in [0.4, 0.5) is 5.82 Å². The molecule has 1 N–H and O–H groups in total. The Morgan fingerprint density at radius 3 is 2.77 bits per heavy atom. The van der Waals surface area contributed by atoms with E-state index in [1.54, 1.807) is 41.3 Å². The molecular formula is C27H24ClN3O4. The molecule has 2 aromatic carbocycles. The maximum absolute atomic E-state index is 13.3. The van der Waals surface area contributed by atoms with Gasteiger partial charge in [0, 0.05) is 30.5 Å². The molecule has 1 aromatic heterocycles. The number of rotatable bonds is 5. The van der Waals surface area contributed by atoms with E-state index < -0.39 is 5.60 Å². The normalized spacial score (nSPS) is 18.5. The number of amides is 2. The number of hydrogen-bond donors (Lipinski definition) is 1. The van der Waals surface area contributed by atoms with Gasteiger partial charge in [-0.3, -0.25) is 9.59 Å². The molecule has 3 aromatic rings. The number of likely N-dealkylation sites (tertiary alicyclic amines) is 1. The molecule has 0 saturated carbocycles. The molecule has 0 unspecified atom stereocenters. The zero-order chi connectivity index (χ0) is 24.6. The third-order valence-electron chi connectivity index (χ3n) is 6.43. The highest BCUT2D eigenvalue weighted by Gasteiger charge is 2.51. The third-order valence-corrected chi connectivity index (χ3v) is 6.75. The van der Waals surface area contributed by atoms with Crippen LogP contribution in [0.5, 0.6) is 0 Å². The minimum absolute atomic E-state index is 0.0879. The summed E-state index contributed by atoms with van der Waals surface area (Å²) in [5.41, 5.74) is 2.33. The van der Waals surface area contributed by atoms with Crippen molar-refractivity contribution in [2.75, 3.05) is 18.4 Å². The van der Waals surface area contributed by atoms with Crippen molar-refractivity contribution in [3.8, 4) is 11.3 Å². The summed E-state index contributed by atoms with van der Waals surface area (Å²) in [4.78, 5) is 43.7. The monoisotopic (exact) mass is 489 g/mol. The summed E-state index contributed by atoms with van der Waals surface area (Å²) in [6, 6.07) is 17.9. The number of esters is 1. The minimum Gasteiger partial charge on any atom is -0.449 e. The summed E-state index contributed by atoms with van der Waals surface area (Å²) in [6.45, 7) is 2.68. The van der Waals surface area contributed by atoms with Gasteiger partial charge in [0.2, 0.25) is 5.91 Å². The topological polar surface area (TPSA) is 88.6 Å². The fraction of sp³-hybridized carbons (Fsp3) is 0.259. The summed E-state index contributed by atoms with van der Waals surface area (Å²) in [5, 5.41) is 3.09. The van der Waals surface area contributed by atoms with Crippen LogP contribution in [0.3, 0.4) is 0 Å². The Balaban J connectivity index is 1.34. The first-order chi connectivity index (χ1) is 16.9. The lowest BCUT2D eigenvalue weighted by molar-refractivity contribution is -0.116. The number of carbonyl (C=O) groups is 3. The maximum atomic E-state index is 13.3. The standard InChI is InChI=1S/C27H24ClN3O4/c1-2-6-24(32)30-23-10-5-9-22(29-23)17-11-12-19(21(28)15-17)25(33)31-14-13-27(16-31)20-8-4-3-7-18(20)26(34)35-27/h3-5,7-12,15H,2,6,13-14,16H2,1H3,(H,29,30,32)/t27-/m0/s1. The molecule has 35 heavy (non-hydrogen) atoms. The van der Waals surface area contributed by atoms with Crippen molar-refractivity contribution in [1.29, 1.82) is 0 Å². The molecule has 2 amide bonds. The fourth-order valence-electron chi connectivity index (χ4n) is 4.72. The Kier molecular flexibility index (Phi) is 6.03. The molecule has 5 rings (SSSR count). The highest BCUT2D eigenvalue weighted by atomic mass is 35.5. The second kappa shape index (κ2) is 9.15. The molecule has 1 saturated heterocycles. The van der Waals surface area contributed by atoms with Crippen molar-refractivity contribution in [1.82, 2.24) is 9.88 Å². The Morgan fingerprint density at radius 1 is 1.14 bits per heavy atom. The first-order valence-corrected chi connectivity index (χ1v) is 12.0. The molecule has 7 nitrogen and oxygen atoms in total. The van der Waals surface area contributed by atoms with Gasteiger partial charge in [-0.15, -0.1) is 0 Å². The lowest BCUT2D eigenvalue weighted by Gasteiger charge is -2.24. The van der Waals surface area contributed by atoms with Gasteiger partial charge in [0.1, 0.15) is 5.82 Å². The second-order valence-corrected chi connectivity index (χ2v) is 9.21. The molecule has 1 spiro atoms. The number of aromatic nitrogens is 1.